The van der Waals surface area contributed by atoms with Crippen LogP contribution in [0, 0.1) is 0 Å². The second-order valence-corrected chi connectivity index (χ2v) is 5.12. The number of anilines is 1. The fourth-order valence-corrected chi connectivity index (χ4v) is 2.08. The summed E-state index contributed by atoms with van der Waals surface area (Å²) in [6, 6.07) is 13.9. The highest BCUT2D eigenvalue weighted by Crippen LogP contribution is 2.20. The molecule has 2 aromatic rings. The molecule has 0 bridgehead atoms. The van der Waals surface area contributed by atoms with Gasteiger partial charge < -0.3 is 14.8 Å². The molecule has 0 fully saturated rings. The number of carbonyl (C=O) groups excluding carboxylic acids is 2. The first-order chi connectivity index (χ1) is 11.1. The maximum atomic E-state index is 11.8. The number of hydrogen-bond donors (Lipinski definition) is 1. The molecule has 0 aromatic heterocycles. The molecule has 0 aliphatic heterocycles. The Labute approximate surface area is 139 Å². The van der Waals surface area contributed by atoms with Gasteiger partial charge >= 0.3 is 5.97 Å². The number of rotatable bonds is 6. The van der Waals surface area contributed by atoms with E-state index in [0.29, 0.717) is 16.5 Å². The van der Waals surface area contributed by atoms with Gasteiger partial charge in [-0.1, -0.05) is 35.9 Å². The molecule has 0 atom stereocenters. The van der Waals surface area contributed by atoms with Gasteiger partial charge in [0, 0.05) is 0 Å². The van der Waals surface area contributed by atoms with Gasteiger partial charge in [0.1, 0.15) is 5.75 Å². The van der Waals surface area contributed by atoms with Crippen LogP contribution in [0.3, 0.4) is 0 Å². The van der Waals surface area contributed by atoms with Crippen LogP contribution in [0.4, 0.5) is 5.69 Å². The lowest BCUT2D eigenvalue weighted by Gasteiger charge is -2.08. The molecule has 0 aliphatic rings. The summed E-state index contributed by atoms with van der Waals surface area (Å²) in [6.07, 6.45) is 0.0660. The first kappa shape index (κ1) is 16.8. The second-order valence-electron chi connectivity index (χ2n) is 4.72. The van der Waals surface area contributed by atoms with Crippen molar-refractivity contribution < 1.29 is 19.1 Å². The lowest BCUT2D eigenvalue weighted by Crippen LogP contribution is -2.21. The van der Waals surface area contributed by atoms with Gasteiger partial charge in [-0.2, -0.15) is 0 Å². The van der Waals surface area contributed by atoms with E-state index in [2.05, 4.69) is 5.32 Å². The highest BCUT2D eigenvalue weighted by molar-refractivity contribution is 6.33. The molecule has 23 heavy (non-hydrogen) atoms. The second kappa shape index (κ2) is 8.19. The molecule has 0 aliphatic carbocycles. The van der Waals surface area contributed by atoms with Crippen molar-refractivity contribution >= 4 is 29.2 Å². The molecular weight excluding hydrogens is 318 g/mol. The Morgan fingerprint density at radius 2 is 1.91 bits per heavy atom. The summed E-state index contributed by atoms with van der Waals surface area (Å²) >= 11 is 5.93. The molecule has 1 amide bonds. The lowest BCUT2D eigenvalue weighted by atomic mass is 10.1. The van der Waals surface area contributed by atoms with Crippen LogP contribution in [0.2, 0.25) is 5.02 Å². The molecule has 0 saturated carbocycles. The van der Waals surface area contributed by atoms with Crippen molar-refractivity contribution in [3.05, 3.63) is 59.1 Å². The van der Waals surface area contributed by atoms with Crippen LogP contribution >= 0.6 is 11.6 Å². The van der Waals surface area contributed by atoms with Crippen LogP contribution in [0.1, 0.15) is 5.56 Å². The molecule has 2 rings (SSSR count). The number of hydrogen-bond acceptors (Lipinski definition) is 4. The van der Waals surface area contributed by atoms with E-state index in [-0.39, 0.29) is 13.0 Å². The van der Waals surface area contributed by atoms with E-state index in [1.165, 1.54) is 0 Å². The Morgan fingerprint density at radius 1 is 1.13 bits per heavy atom. The highest BCUT2D eigenvalue weighted by Gasteiger charge is 2.10. The minimum absolute atomic E-state index is 0.0660. The zero-order valence-electron chi connectivity index (χ0n) is 12.5. The van der Waals surface area contributed by atoms with Gasteiger partial charge in [0.25, 0.3) is 5.91 Å². The molecule has 0 heterocycles. The number of nitrogens with one attached hydrogen (secondary N) is 1. The largest absolute Gasteiger partial charge is 0.497 e. The third-order valence-corrected chi connectivity index (χ3v) is 3.32. The van der Waals surface area contributed by atoms with Gasteiger partial charge in [-0.15, -0.1) is 0 Å². The van der Waals surface area contributed by atoms with Crippen molar-refractivity contribution in [1.29, 1.82) is 0 Å². The maximum Gasteiger partial charge on any atom is 0.310 e. The van der Waals surface area contributed by atoms with Gasteiger partial charge in [-0.3, -0.25) is 9.59 Å². The lowest BCUT2D eigenvalue weighted by molar-refractivity contribution is -0.146. The smallest absolute Gasteiger partial charge is 0.310 e. The Kier molecular flexibility index (Phi) is 6.00. The minimum atomic E-state index is -0.493. The quantitative estimate of drug-likeness (QED) is 0.825. The third-order valence-electron chi connectivity index (χ3n) is 2.99. The fourth-order valence-electron chi connectivity index (χ4n) is 1.90. The maximum absolute atomic E-state index is 11.8. The average molecular weight is 334 g/mol. The molecule has 1 N–H and O–H groups in total. The monoisotopic (exact) mass is 333 g/mol. The Hall–Kier alpha value is -2.53. The molecule has 0 radical (unpaired) electrons. The number of methoxy groups -OCH3 is 1. The zero-order valence-corrected chi connectivity index (χ0v) is 13.3. The predicted molar refractivity (Wildman–Crippen MR) is 87.7 cm³/mol. The van der Waals surface area contributed by atoms with Crippen molar-refractivity contribution in [3.63, 3.8) is 0 Å². The Balaban J connectivity index is 1.82. The molecule has 0 spiro atoms. The summed E-state index contributed by atoms with van der Waals surface area (Å²) in [5, 5.41) is 3.00. The first-order valence-corrected chi connectivity index (χ1v) is 7.29. The van der Waals surface area contributed by atoms with Crippen molar-refractivity contribution in [2.45, 2.75) is 6.42 Å². The zero-order chi connectivity index (χ0) is 16.7. The number of ether oxygens (including phenoxy) is 2. The molecular formula is C17H16ClNO4. The summed E-state index contributed by atoms with van der Waals surface area (Å²) in [5.41, 5.74) is 1.23. The summed E-state index contributed by atoms with van der Waals surface area (Å²) in [6.45, 7) is -0.367. The van der Waals surface area contributed by atoms with E-state index in [1.54, 1.807) is 55.6 Å². The SMILES string of the molecule is COc1cccc(CC(=O)OCC(=O)Nc2ccccc2Cl)c1. The molecule has 5 nitrogen and oxygen atoms in total. The van der Waals surface area contributed by atoms with E-state index in [4.69, 9.17) is 21.1 Å². The van der Waals surface area contributed by atoms with Gasteiger partial charge in [0.15, 0.2) is 6.61 Å². The van der Waals surface area contributed by atoms with E-state index in [9.17, 15) is 9.59 Å². The third kappa shape index (κ3) is 5.30. The van der Waals surface area contributed by atoms with E-state index in [1.807, 2.05) is 0 Å². The van der Waals surface area contributed by atoms with Crippen LogP contribution in [-0.2, 0) is 20.7 Å². The van der Waals surface area contributed by atoms with Gasteiger partial charge in [0.05, 0.1) is 24.2 Å². The van der Waals surface area contributed by atoms with Crippen LogP contribution in [-0.4, -0.2) is 25.6 Å². The highest BCUT2D eigenvalue weighted by atomic mass is 35.5. The first-order valence-electron chi connectivity index (χ1n) is 6.91. The van der Waals surface area contributed by atoms with Gasteiger partial charge in [-0.25, -0.2) is 0 Å². The number of amides is 1. The van der Waals surface area contributed by atoms with Gasteiger partial charge in [-0.05, 0) is 29.8 Å². The summed E-state index contributed by atoms with van der Waals surface area (Å²) in [5.74, 6) is -0.281. The summed E-state index contributed by atoms with van der Waals surface area (Å²) < 4.78 is 10.0. The summed E-state index contributed by atoms with van der Waals surface area (Å²) in [7, 11) is 1.55. The standard InChI is InChI=1S/C17H16ClNO4/c1-22-13-6-4-5-12(9-13)10-17(21)23-11-16(20)19-15-8-3-2-7-14(15)18/h2-9H,10-11H2,1H3,(H,19,20). The fraction of sp³-hybridized carbons (Fsp3) is 0.176. The van der Waals surface area contributed by atoms with Crippen molar-refractivity contribution in [1.82, 2.24) is 0 Å². The summed E-state index contributed by atoms with van der Waals surface area (Å²) in [4.78, 5) is 23.5. The number of para-hydroxylation sites is 1. The normalized spacial score (nSPS) is 10.0. The molecule has 0 saturated heterocycles. The van der Waals surface area contributed by atoms with E-state index < -0.39 is 11.9 Å². The molecule has 2 aromatic carbocycles. The number of carbonyl (C=O) groups is 2. The average Bonchev–Trinajstić information content (AvgIpc) is 2.55. The van der Waals surface area contributed by atoms with E-state index >= 15 is 0 Å². The Morgan fingerprint density at radius 3 is 2.65 bits per heavy atom. The predicted octanol–water partition coefficient (Wildman–Crippen LogP) is 3.07. The molecule has 120 valence electrons. The van der Waals surface area contributed by atoms with Crippen molar-refractivity contribution in [3.8, 4) is 5.75 Å². The molecule has 0 unspecified atom stereocenters. The van der Waals surface area contributed by atoms with Crippen molar-refractivity contribution in [2.75, 3.05) is 19.0 Å². The Bertz CT molecular complexity index is 702. The van der Waals surface area contributed by atoms with Crippen LogP contribution in [0.15, 0.2) is 48.5 Å². The number of esters is 1. The van der Waals surface area contributed by atoms with Crippen molar-refractivity contribution in [2.24, 2.45) is 0 Å². The van der Waals surface area contributed by atoms with Crippen LogP contribution < -0.4 is 10.1 Å². The van der Waals surface area contributed by atoms with E-state index in [0.717, 1.165) is 5.56 Å². The van der Waals surface area contributed by atoms with Gasteiger partial charge in [0.2, 0.25) is 0 Å². The topological polar surface area (TPSA) is 64.6 Å². The van der Waals surface area contributed by atoms with Crippen LogP contribution in [0.25, 0.3) is 0 Å². The van der Waals surface area contributed by atoms with Crippen LogP contribution in [0.5, 0.6) is 5.75 Å². The minimum Gasteiger partial charge on any atom is -0.497 e. The number of halogens is 1. The molecule has 6 heteroatoms. The number of benzene rings is 2.